The van der Waals surface area contributed by atoms with Crippen molar-refractivity contribution in [1.82, 2.24) is 10.3 Å². The van der Waals surface area contributed by atoms with Gasteiger partial charge >= 0.3 is 0 Å². The Morgan fingerprint density at radius 3 is 2.95 bits per heavy atom. The average molecular weight is 258 g/mol. The van der Waals surface area contributed by atoms with Gasteiger partial charge in [0, 0.05) is 29.6 Å². The van der Waals surface area contributed by atoms with E-state index in [0.29, 0.717) is 0 Å². The summed E-state index contributed by atoms with van der Waals surface area (Å²) in [6.07, 6.45) is 3.71. The summed E-state index contributed by atoms with van der Waals surface area (Å²) in [5.41, 5.74) is 0.182. The number of hydrogen-bond donors (Lipinski definition) is 1. The Hall–Kier alpha value is -1.48. The molecule has 1 aliphatic rings. The van der Waals surface area contributed by atoms with Gasteiger partial charge in [0.2, 0.25) is 0 Å². The molecule has 1 N–H and O–H groups in total. The Morgan fingerprint density at radius 1 is 1.32 bits per heavy atom. The third kappa shape index (κ3) is 2.23. The Balaban J connectivity index is 2.07. The number of alkyl halides is 1. The Kier molecular flexibility index (Phi) is 3.23. The number of nitrogens with zero attached hydrogens (tertiary/aromatic N) is 1. The molecular formula is C16H19FN2. The van der Waals surface area contributed by atoms with Crippen molar-refractivity contribution in [2.45, 2.75) is 25.4 Å². The number of hydrogen-bond acceptors (Lipinski definition) is 2. The van der Waals surface area contributed by atoms with E-state index in [0.717, 1.165) is 42.4 Å². The summed E-state index contributed by atoms with van der Waals surface area (Å²) in [6.45, 7) is 3.45. The molecule has 19 heavy (non-hydrogen) atoms. The van der Waals surface area contributed by atoms with Gasteiger partial charge in [-0.15, -0.1) is 0 Å². The summed E-state index contributed by atoms with van der Waals surface area (Å²) in [6, 6.07) is 9.67. The average Bonchev–Trinajstić information content (AvgIpc) is 2.47. The van der Waals surface area contributed by atoms with E-state index in [-0.39, 0.29) is 5.92 Å². The standard InChI is InChI=1S/C16H19FN2/c1-16(17,13-7-4-9-18-11-13)14-8-2-5-12-6-3-10-19-15(12)14/h2-3,5-6,8,10,13,18H,4,7,9,11H2,1H3. The van der Waals surface area contributed by atoms with Gasteiger partial charge in [-0.05, 0) is 32.4 Å². The first-order valence-corrected chi connectivity index (χ1v) is 6.93. The molecule has 3 rings (SSSR count). The van der Waals surface area contributed by atoms with Crippen LogP contribution in [0.5, 0.6) is 0 Å². The predicted molar refractivity (Wildman–Crippen MR) is 75.8 cm³/mol. The van der Waals surface area contributed by atoms with Crippen LogP contribution in [0.1, 0.15) is 25.3 Å². The van der Waals surface area contributed by atoms with Crippen LogP contribution in [0.4, 0.5) is 4.39 Å². The molecule has 0 bridgehead atoms. The Labute approximate surface area is 113 Å². The van der Waals surface area contributed by atoms with Crippen LogP contribution in [0.15, 0.2) is 36.5 Å². The van der Waals surface area contributed by atoms with Crippen molar-refractivity contribution in [2.24, 2.45) is 5.92 Å². The normalized spacial score (nSPS) is 23.2. The molecule has 0 aliphatic carbocycles. The monoisotopic (exact) mass is 258 g/mol. The molecule has 1 saturated heterocycles. The van der Waals surface area contributed by atoms with E-state index in [1.807, 2.05) is 30.3 Å². The largest absolute Gasteiger partial charge is 0.316 e. The molecule has 0 radical (unpaired) electrons. The van der Waals surface area contributed by atoms with Crippen molar-refractivity contribution in [3.63, 3.8) is 0 Å². The lowest BCUT2D eigenvalue weighted by atomic mass is 9.79. The molecular weight excluding hydrogens is 239 g/mol. The van der Waals surface area contributed by atoms with E-state index < -0.39 is 5.67 Å². The van der Waals surface area contributed by atoms with Crippen molar-refractivity contribution in [3.05, 3.63) is 42.1 Å². The summed E-state index contributed by atoms with van der Waals surface area (Å²) in [7, 11) is 0. The lowest BCUT2D eigenvalue weighted by molar-refractivity contribution is 0.0825. The maximum atomic E-state index is 15.4. The maximum Gasteiger partial charge on any atom is 0.139 e. The number of nitrogens with one attached hydrogen (secondary N) is 1. The van der Waals surface area contributed by atoms with Crippen LogP contribution in [-0.2, 0) is 5.67 Å². The lowest BCUT2D eigenvalue weighted by Crippen LogP contribution is -2.40. The summed E-state index contributed by atoms with van der Waals surface area (Å²) < 4.78 is 15.4. The Bertz CT molecular complexity index is 568. The lowest BCUT2D eigenvalue weighted by Gasteiger charge is -2.34. The number of aromatic nitrogens is 1. The maximum absolute atomic E-state index is 15.4. The van der Waals surface area contributed by atoms with Gasteiger partial charge in [0.05, 0.1) is 5.52 Å². The van der Waals surface area contributed by atoms with Gasteiger partial charge in [-0.1, -0.05) is 24.3 Å². The van der Waals surface area contributed by atoms with E-state index in [1.54, 1.807) is 13.1 Å². The first-order chi connectivity index (χ1) is 9.19. The minimum atomic E-state index is -1.33. The quantitative estimate of drug-likeness (QED) is 0.892. The molecule has 3 heteroatoms. The Morgan fingerprint density at radius 2 is 2.16 bits per heavy atom. The molecule has 1 aromatic carbocycles. The van der Waals surface area contributed by atoms with Gasteiger partial charge in [0.1, 0.15) is 5.67 Å². The summed E-state index contributed by atoms with van der Waals surface area (Å²) in [5, 5.41) is 4.31. The van der Waals surface area contributed by atoms with Crippen LogP contribution < -0.4 is 5.32 Å². The molecule has 2 heterocycles. The van der Waals surface area contributed by atoms with E-state index in [1.165, 1.54) is 0 Å². The van der Waals surface area contributed by atoms with Gasteiger partial charge in [-0.25, -0.2) is 4.39 Å². The number of halogens is 1. The number of benzene rings is 1. The van der Waals surface area contributed by atoms with Gasteiger partial charge < -0.3 is 5.32 Å². The van der Waals surface area contributed by atoms with Crippen molar-refractivity contribution >= 4 is 10.9 Å². The van der Waals surface area contributed by atoms with Gasteiger partial charge in [-0.2, -0.15) is 0 Å². The summed E-state index contributed by atoms with van der Waals surface area (Å²) >= 11 is 0. The van der Waals surface area contributed by atoms with E-state index in [2.05, 4.69) is 10.3 Å². The van der Waals surface area contributed by atoms with Crippen LogP contribution in [0, 0.1) is 5.92 Å². The zero-order chi connectivity index (χ0) is 13.3. The summed E-state index contributed by atoms with van der Waals surface area (Å²) in [4.78, 5) is 4.38. The molecule has 1 aliphatic heterocycles. The van der Waals surface area contributed by atoms with Crippen LogP contribution in [0.3, 0.4) is 0 Å². The highest BCUT2D eigenvalue weighted by molar-refractivity contribution is 5.82. The second-order valence-electron chi connectivity index (χ2n) is 5.50. The molecule has 100 valence electrons. The van der Waals surface area contributed by atoms with Crippen molar-refractivity contribution in [2.75, 3.05) is 13.1 Å². The van der Waals surface area contributed by atoms with Gasteiger partial charge in [0.25, 0.3) is 0 Å². The van der Waals surface area contributed by atoms with E-state index >= 15 is 4.39 Å². The number of rotatable bonds is 2. The number of pyridine rings is 1. The highest BCUT2D eigenvalue weighted by atomic mass is 19.1. The second-order valence-corrected chi connectivity index (χ2v) is 5.50. The van der Waals surface area contributed by atoms with Gasteiger partial charge in [-0.3, -0.25) is 4.98 Å². The molecule has 2 aromatic rings. The van der Waals surface area contributed by atoms with E-state index in [9.17, 15) is 0 Å². The minimum Gasteiger partial charge on any atom is -0.316 e. The first kappa shape index (κ1) is 12.5. The SMILES string of the molecule is CC(F)(c1cccc2cccnc12)C1CCCNC1. The van der Waals surface area contributed by atoms with Crippen molar-refractivity contribution < 1.29 is 4.39 Å². The van der Waals surface area contributed by atoms with Gasteiger partial charge in [0.15, 0.2) is 0 Å². The molecule has 2 atom stereocenters. The minimum absolute atomic E-state index is 0.0221. The zero-order valence-corrected chi connectivity index (χ0v) is 11.2. The zero-order valence-electron chi connectivity index (χ0n) is 11.2. The summed E-state index contributed by atoms with van der Waals surface area (Å²) in [5.74, 6) is 0.0221. The number of para-hydroxylation sites is 1. The van der Waals surface area contributed by atoms with Crippen molar-refractivity contribution in [3.8, 4) is 0 Å². The van der Waals surface area contributed by atoms with Crippen LogP contribution in [-0.4, -0.2) is 18.1 Å². The first-order valence-electron chi connectivity index (χ1n) is 6.93. The molecule has 0 saturated carbocycles. The fourth-order valence-electron chi connectivity index (χ4n) is 3.03. The number of fused-ring (bicyclic) bond motifs is 1. The smallest absolute Gasteiger partial charge is 0.139 e. The molecule has 2 unspecified atom stereocenters. The van der Waals surface area contributed by atoms with Crippen LogP contribution in [0.2, 0.25) is 0 Å². The third-order valence-electron chi connectivity index (χ3n) is 4.22. The predicted octanol–water partition coefficient (Wildman–Crippen LogP) is 3.42. The molecule has 2 nitrogen and oxygen atoms in total. The second kappa shape index (κ2) is 4.89. The highest BCUT2D eigenvalue weighted by Crippen LogP contribution is 2.39. The number of piperidine rings is 1. The molecule has 1 aromatic heterocycles. The fourth-order valence-corrected chi connectivity index (χ4v) is 3.03. The van der Waals surface area contributed by atoms with Crippen molar-refractivity contribution in [1.29, 1.82) is 0 Å². The molecule has 0 spiro atoms. The molecule has 1 fully saturated rings. The van der Waals surface area contributed by atoms with Crippen LogP contribution >= 0.6 is 0 Å². The topological polar surface area (TPSA) is 24.9 Å². The molecule has 0 amide bonds. The fraction of sp³-hybridized carbons (Fsp3) is 0.438. The highest BCUT2D eigenvalue weighted by Gasteiger charge is 2.38. The van der Waals surface area contributed by atoms with Crippen LogP contribution in [0.25, 0.3) is 10.9 Å². The third-order valence-corrected chi connectivity index (χ3v) is 4.22. The van der Waals surface area contributed by atoms with E-state index in [4.69, 9.17) is 0 Å².